The van der Waals surface area contributed by atoms with E-state index in [0.717, 1.165) is 32.5 Å². The number of likely N-dealkylation sites (N-methyl/N-ethyl adjacent to an activating group) is 1. The van der Waals surface area contributed by atoms with E-state index in [2.05, 4.69) is 29.5 Å². The highest BCUT2D eigenvalue weighted by Gasteiger charge is 2.15. The fraction of sp³-hybridized carbons (Fsp3) is 0.875. The normalized spacial score (nSPS) is 17.5. The smallest absolute Gasteiger partial charge is 0.243 e. The summed E-state index contributed by atoms with van der Waals surface area (Å²) in [6.45, 7) is 8.21. The van der Waals surface area contributed by atoms with Gasteiger partial charge in [0.1, 0.15) is 6.54 Å². The van der Waals surface area contributed by atoms with Crippen molar-refractivity contribution in [3.63, 3.8) is 0 Å². The van der Waals surface area contributed by atoms with Gasteiger partial charge in [0.25, 0.3) is 0 Å². The number of ether oxygens (including phenoxy) is 2. The number of nitrogens with one attached hydrogen (secondary N) is 2. The first-order valence-corrected chi connectivity index (χ1v) is 8.40. The van der Waals surface area contributed by atoms with Crippen LogP contribution in [0.1, 0.15) is 26.7 Å². The van der Waals surface area contributed by atoms with Gasteiger partial charge in [-0.05, 0) is 18.8 Å². The third kappa shape index (κ3) is 11.0. The summed E-state index contributed by atoms with van der Waals surface area (Å²) in [5, 5.41) is 6.50. The summed E-state index contributed by atoms with van der Waals surface area (Å²) in [5.74, 6) is 1.18. The van der Waals surface area contributed by atoms with E-state index < -0.39 is 0 Å². The summed E-state index contributed by atoms with van der Waals surface area (Å²) in [6.07, 6.45) is 2.13. The van der Waals surface area contributed by atoms with Crippen LogP contribution in [0.3, 0.4) is 0 Å². The highest BCUT2D eigenvalue weighted by atomic mass is 127. The summed E-state index contributed by atoms with van der Waals surface area (Å²) in [4.78, 5) is 17.5. The van der Waals surface area contributed by atoms with Gasteiger partial charge in [0, 0.05) is 40.4 Å². The van der Waals surface area contributed by atoms with Crippen molar-refractivity contribution in [2.45, 2.75) is 32.8 Å². The van der Waals surface area contributed by atoms with Crippen LogP contribution in [0.5, 0.6) is 0 Å². The van der Waals surface area contributed by atoms with E-state index in [1.807, 2.05) is 0 Å². The van der Waals surface area contributed by atoms with Crippen LogP contribution >= 0.6 is 24.0 Å². The highest BCUT2D eigenvalue weighted by Crippen LogP contribution is 2.07. The molecule has 7 nitrogen and oxygen atoms in total. The van der Waals surface area contributed by atoms with Crippen molar-refractivity contribution in [1.82, 2.24) is 15.5 Å². The van der Waals surface area contributed by atoms with Crippen molar-refractivity contribution in [2.24, 2.45) is 10.9 Å². The van der Waals surface area contributed by atoms with E-state index >= 15 is 0 Å². The van der Waals surface area contributed by atoms with Gasteiger partial charge in [-0.25, -0.2) is 4.99 Å². The molecule has 142 valence electrons. The number of carbonyl (C=O) groups excluding carboxylic acids is 1. The largest absolute Gasteiger partial charge is 0.379 e. The molecule has 0 bridgehead atoms. The standard InChI is InChI=1S/C16H32N4O3.HI/c1-13(2)10-18-16(19-11-15(21)20(3)4)17-7-5-8-23-14-6-9-22-12-14;/h13-14H,5-12H2,1-4H3,(H2,17,18,19);1H. The Kier molecular flexibility index (Phi) is 13.3. The minimum absolute atomic E-state index is 0. The highest BCUT2D eigenvalue weighted by molar-refractivity contribution is 14.0. The maximum atomic E-state index is 11.6. The average Bonchev–Trinajstić information content (AvgIpc) is 3.01. The van der Waals surface area contributed by atoms with Crippen molar-refractivity contribution >= 4 is 35.8 Å². The molecule has 8 heteroatoms. The zero-order valence-electron chi connectivity index (χ0n) is 15.3. The lowest BCUT2D eigenvalue weighted by Gasteiger charge is -2.15. The quantitative estimate of drug-likeness (QED) is 0.235. The van der Waals surface area contributed by atoms with Gasteiger partial charge in [-0.2, -0.15) is 0 Å². The molecule has 1 heterocycles. The predicted octanol–water partition coefficient (Wildman–Crippen LogP) is 1.08. The molecule has 2 N–H and O–H groups in total. The molecule has 1 atom stereocenters. The third-order valence-electron chi connectivity index (χ3n) is 3.40. The van der Waals surface area contributed by atoms with Crippen molar-refractivity contribution in [3.05, 3.63) is 0 Å². The topological polar surface area (TPSA) is 75.2 Å². The lowest BCUT2D eigenvalue weighted by atomic mass is 10.2. The van der Waals surface area contributed by atoms with Crippen LogP contribution in [0.15, 0.2) is 4.99 Å². The molecular formula is C16H33IN4O3. The van der Waals surface area contributed by atoms with Crippen LogP contribution in [0.4, 0.5) is 0 Å². The third-order valence-corrected chi connectivity index (χ3v) is 3.40. The van der Waals surface area contributed by atoms with E-state index in [9.17, 15) is 4.79 Å². The molecule has 1 amide bonds. The fourth-order valence-corrected chi connectivity index (χ4v) is 1.94. The minimum Gasteiger partial charge on any atom is -0.379 e. The molecular weight excluding hydrogens is 423 g/mol. The maximum Gasteiger partial charge on any atom is 0.243 e. The number of aliphatic imine (C=N–C) groups is 1. The van der Waals surface area contributed by atoms with E-state index in [-0.39, 0.29) is 42.5 Å². The molecule has 1 fully saturated rings. The molecule has 0 saturated carbocycles. The first-order chi connectivity index (χ1) is 11.0. The van der Waals surface area contributed by atoms with Gasteiger partial charge in [0.15, 0.2) is 5.96 Å². The van der Waals surface area contributed by atoms with Crippen LogP contribution in [0, 0.1) is 5.92 Å². The first-order valence-electron chi connectivity index (χ1n) is 8.40. The Labute approximate surface area is 162 Å². The first kappa shape index (κ1) is 23.4. The summed E-state index contributed by atoms with van der Waals surface area (Å²) in [5.41, 5.74) is 0. The molecule has 1 aliphatic heterocycles. The molecule has 1 aliphatic rings. The summed E-state index contributed by atoms with van der Waals surface area (Å²) in [6, 6.07) is 0. The van der Waals surface area contributed by atoms with Gasteiger partial charge < -0.3 is 25.0 Å². The van der Waals surface area contributed by atoms with Crippen LogP contribution in [0.25, 0.3) is 0 Å². The van der Waals surface area contributed by atoms with E-state index in [4.69, 9.17) is 9.47 Å². The Morgan fingerprint density at radius 3 is 2.71 bits per heavy atom. The predicted molar refractivity (Wildman–Crippen MR) is 107 cm³/mol. The molecule has 24 heavy (non-hydrogen) atoms. The molecule has 0 aromatic carbocycles. The van der Waals surface area contributed by atoms with Crippen LogP contribution < -0.4 is 10.6 Å². The monoisotopic (exact) mass is 456 g/mol. The molecule has 0 aromatic heterocycles. The van der Waals surface area contributed by atoms with Gasteiger partial charge in [-0.1, -0.05) is 13.8 Å². The number of rotatable bonds is 9. The molecule has 0 aliphatic carbocycles. The Hall–Kier alpha value is -0.610. The molecule has 1 saturated heterocycles. The SMILES string of the molecule is CC(C)CNC(=NCC(=O)N(C)C)NCCCOC1CCOC1.I. The van der Waals surface area contributed by atoms with Crippen LogP contribution in [0.2, 0.25) is 0 Å². The summed E-state index contributed by atoms with van der Waals surface area (Å²) < 4.78 is 11.0. The molecule has 0 aromatic rings. The van der Waals surface area contributed by atoms with Crippen molar-refractivity contribution in [3.8, 4) is 0 Å². The Morgan fingerprint density at radius 1 is 1.38 bits per heavy atom. The fourth-order valence-electron chi connectivity index (χ4n) is 1.94. The molecule has 0 radical (unpaired) electrons. The molecule has 0 spiro atoms. The lowest BCUT2D eigenvalue weighted by molar-refractivity contribution is -0.127. The van der Waals surface area contributed by atoms with Crippen LogP contribution in [-0.2, 0) is 14.3 Å². The zero-order chi connectivity index (χ0) is 17.1. The van der Waals surface area contributed by atoms with Gasteiger partial charge in [0.2, 0.25) is 5.91 Å². The minimum atomic E-state index is -0.0137. The molecule has 1 rings (SSSR count). The Bertz CT molecular complexity index is 372. The number of carbonyl (C=O) groups is 1. The van der Waals surface area contributed by atoms with Gasteiger partial charge in [-0.3, -0.25) is 4.79 Å². The van der Waals surface area contributed by atoms with Crippen molar-refractivity contribution in [2.75, 3.05) is 53.6 Å². The van der Waals surface area contributed by atoms with E-state index in [0.29, 0.717) is 25.1 Å². The number of hydrogen-bond donors (Lipinski definition) is 2. The van der Waals surface area contributed by atoms with Gasteiger partial charge in [-0.15, -0.1) is 24.0 Å². The second-order valence-corrected chi connectivity index (χ2v) is 6.36. The molecule has 1 unspecified atom stereocenters. The average molecular weight is 456 g/mol. The Balaban J connectivity index is 0.00000529. The van der Waals surface area contributed by atoms with Crippen molar-refractivity contribution < 1.29 is 14.3 Å². The van der Waals surface area contributed by atoms with Gasteiger partial charge >= 0.3 is 0 Å². The number of guanidine groups is 1. The zero-order valence-corrected chi connectivity index (χ0v) is 17.7. The Morgan fingerprint density at radius 2 is 2.12 bits per heavy atom. The second-order valence-electron chi connectivity index (χ2n) is 6.36. The number of halogens is 1. The maximum absolute atomic E-state index is 11.6. The number of hydrogen-bond acceptors (Lipinski definition) is 4. The lowest BCUT2D eigenvalue weighted by Crippen LogP contribution is -2.40. The van der Waals surface area contributed by atoms with Crippen LogP contribution in [-0.4, -0.2) is 76.4 Å². The van der Waals surface area contributed by atoms with Crippen molar-refractivity contribution in [1.29, 1.82) is 0 Å². The summed E-state index contributed by atoms with van der Waals surface area (Å²) >= 11 is 0. The second kappa shape index (κ2) is 13.7. The number of nitrogens with zero attached hydrogens (tertiary/aromatic N) is 2. The number of amides is 1. The van der Waals surface area contributed by atoms with E-state index in [1.165, 1.54) is 0 Å². The summed E-state index contributed by atoms with van der Waals surface area (Å²) in [7, 11) is 3.47. The van der Waals surface area contributed by atoms with Gasteiger partial charge in [0.05, 0.1) is 12.7 Å². The van der Waals surface area contributed by atoms with E-state index in [1.54, 1.807) is 19.0 Å².